The molecule has 0 bridgehead atoms. The van der Waals surface area contributed by atoms with E-state index in [9.17, 15) is 9.59 Å². The highest BCUT2D eigenvalue weighted by Gasteiger charge is 2.30. The van der Waals surface area contributed by atoms with E-state index >= 15 is 0 Å². The van der Waals surface area contributed by atoms with Crippen LogP contribution in [0.5, 0.6) is 0 Å². The Morgan fingerprint density at radius 2 is 1.46 bits per heavy atom. The molecular weight excluding hydrogens is 322 g/mol. The average Bonchev–Trinajstić information content (AvgIpc) is 2.90. The Morgan fingerprint density at radius 1 is 0.792 bits per heavy atom. The summed E-state index contributed by atoms with van der Waals surface area (Å²) in [6, 6.07) is 19.7. The van der Waals surface area contributed by atoms with Crippen molar-refractivity contribution >= 4 is 29.0 Å². The van der Waals surface area contributed by atoms with Crippen molar-refractivity contribution in [3.63, 3.8) is 0 Å². The fourth-order valence-electron chi connectivity index (χ4n) is 3.01. The highest BCUT2D eigenvalue weighted by Crippen LogP contribution is 2.38. The van der Waals surface area contributed by atoms with E-state index in [0.717, 1.165) is 11.1 Å². The molecule has 0 aromatic heterocycles. The molecule has 0 aliphatic heterocycles. The Hall–Kier alpha value is -2.91. The molecule has 3 aromatic carbocycles. The molecule has 0 fully saturated rings. The fourth-order valence-corrected chi connectivity index (χ4v) is 3.20. The van der Waals surface area contributed by atoms with Crippen LogP contribution in [-0.2, 0) is 0 Å². The molecule has 3 nitrogen and oxygen atoms in total. The first-order valence-electron chi connectivity index (χ1n) is 7.50. The second-order valence-electron chi connectivity index (χ2n) is 5.54. The SMILES string of the molecule is O=C(Nc1ccccc1Cl)c1cccc2c1C(=O)c1ccccc1-2. The van der Waals surface area contributed by atoms with Gasteiger partial charge in [-0.2, -0.15) is 0 Å². The molecule has 0 atom stereocenters. The summed E-state index contributed by atoms with van der Waals surface area (Å²) in [6.07, 6.45) is 0. The molecule has 0 unspecified atom stereocenters. The van der Waals surface area contributed by atoms with Crippen LogP contribution < -0.4 is 5.32 Å². The largest absolute Gasteiger partial charge is 0.321 e. The van der Waals surface area contributed by atoms with Gasteiger partial charge in [-0.05, 0) is 29.3 Å². The summed E-state index contributed by atoms with van der Waals surface area (Å²) in [7, 11) is 0. The van der Waals surface area contributed by atoms with Crippen LogP contribution in [0.15, 0.2) is 66.7 Å². The predicted octanol–water partition coefficient (Wildman–Crippen LogP) is 4.80. The lowest BCUT2D eigenvalue weighted by Crippen LogP contribution is -2.16. The quantitative estimate of drug-likeness (QED) is 0.572. The van der Waals surface area contributed by atoms with Crippen molar-refractivity contribution in [2.45, 2.75) is 0 Å². The molecule has 0 spiro atoms. The van der Waals surface area contributed by atoms with Gasteiger partial charge in [-0.15, -0.1) is 0 Å². The van der Waals surface area contributed by atoms with Gasteiger partial charge >= 0.3 is 0 Å². The Bertz CT molecular complexity index is 994. The van der Waals surface area contributed by atoms with Crippen molar-refractivity contribution in [2.75, 3.05) is 5.32 Å². The Labute approximate surface area is 143 Å². The van der Waals surface area contributed by atoms with Crippen molar-refractivity contribution < 1.29 is 9.59 Å². The fraction of sp³-hybridized carbons (Fsp3) is 0. The standard InChI is InChI=1S/C20H12ClNO2/c21-16-10-3-4-11-17(16)22-20(24)15-9-5-8-13-12-6-1-2-7-14(12)19(23)18(13)15/h1-11H,(H,22,24). The number of benzene rings is 3. The van der Waals surface area contributed by atoms with Gasteiger partial charge in [0.05, 0.1) is 16.3 Å². The molecule has 1 aliphatic rings. The zero-order valence-corrected chi connectivity index (χ0v) is 13.3. The minimum Gasteiger partial charge on any atom is -0.321 e. The van der Waals surface area contributed by atoms with Gasteiger partial charge in [0.15, 0.2) is 5.78 Å². The first kappa shape index (κ1) is 14.7. The van der Waals surface area contributed by atoms with E-state index in [1.165, 1.54) is 0 Å². The van der Waals surface area contributed by atoms with Gasteiger partial charge in [0, 0.05) is 11.1 Å². The molecule has 24 heavy (non-hydrogen) atoms. The summed E-state index contributed by atoms with van der Waals surface area (Å²) in [5.74, 6) is -0.466. The third kappa shape index (κ3) is 2.22. The van der Waals surface area contributed by atoms with Crippen molar-refractivity contribution in [3.05, 3.63) is 88.4 Å². The van der Waals surface area contributed by atoms with E-state index in [-0.39, 0.29) is 11.7 Å². The molecule has 0 saturated heterocycles. The highest BCUT2D eigenvalue weighted by molar-refractivity contribution is 6.34. The molecule has 0 radical (unpaired) electrons. The van der Waals surface area contributed by atoms with E-state index in [0.29, 0.717) is 27.4 Å². The maximum Gasteiger partial charge on any atom is 0.256 e. The number of anilines is 1. The molecule has 116 valence electrons. The van der Waals surface area contributed by atoms with E-state index in [1.807, 2.05) is 24.3 Å². The molecule has 1 N–H and O–H groups in total. The molecule has 4 rings (SSSR count). The van der Waals surface area contributed by atoms with Gasteiger partial charge in [0.2, 0.25) is 0 Å². The maximum atomic E-state index is 12.7. The van der Waals surface area contributed by atoms with E-state index in [4.69, 9.17) is 11.6 Å². The van der Waals surface area contributed by atoms with E-state index in [1.54, 1.807) is 42.5 Å². The van der Waals surface area contributed by atoms with Crippen LogP contribution in [0, 0.1) is 0 Å². The lowest BCUT2D eigenvalue weighted by Gasteiger charge is -2.10. The number of rotatable bonds is 2. The molecule has 1 aliphatic carbocycles. The van der Waals surface area contributed by atoms with Gasteiger partial charge in [0.1, 0.15) is 0 Å². The number of hydrogen-bond acceptors (Lipinski definition) is 2. The summed E-state index contributed by atoms with van der Waals surface area (Å²) in [5, 5.41) is 3.23. The van der Waals surface area contributed by atoms with Crippen LogP contribution in [-0.4, -0.2) is 11.7 Å². The second-order valence-corrected chi connectivity index (χ2v) is 5.94. The van der Waals surface area contributed by atoms with Crippen LogP contribution >= 0.6 is 11.6 Å². The minimum absolute atomic E-state index is 0.120. The van der Waals surface area contributed by atoms with Crippen LogP contribution in [0.4, 0.5) is 5.69 Å². The topological polar surface area (TPSA) is 46.2 Å². The Kier molecular flexibility index (Phi) is 3.44. The number of fused-ring (bicyclic) bond motifs is 3. The molecule has 1 amide bonds. The molecule has 0 saturated carbocycles. The van der Waals surface area contributed by atoms with Crippen molar-refractivity contribution in [2.24, 2.45) is 0 Å². The van der Waals surface area contributed by atoms with Gasteiger partial charge in [-0.3, -0.25) is 9.59 Å². The lowest BCUT2D eigenvalue weighted by molar-refractivity contribution is 0.0999. The smallest absolute Gasteiger partial charge is 0.256 e. The first-order valence-corrected chi connectivity index (χ1v) is 7.87. The van der Waals surface area contributed by atoms with E-state index < -0.39 is 0 Å². The van der Waals surface area contributed by atoms with Crippen LogP contribution in [0.2, 0.25) is 5.02 Å². The van der Waals surface area contributed by atoms with Crippen LogP contribution in [0.1, 0.15) is 26.3 Å². The van der Waals surface area contributed by atoms with Crippen LogP contribution in [0.3, 0.4) is 0 Å². The summed E-state index contributed by atoms with van der Waals surface area (Å²) in [5.41, 5.74) is 3.61. The number of carbonyl (C=O) groups is 2. The number of amides is 1. The number of ketones is 1. The summed E-state index contributed by atoms with van der Waals surface area (Å²) in [6.45, 7) is 0. The normalized spacial score (nSPS) is 11.8. The lowest BCUT2D eigenvalue weighted by atomic mass is 10.0. The van der Waals surface area contributed by atoms with Gasteiger partial charge in [-0.25, -0.2) is 0 Å². The number of para-hydroxylation sites is 1. The summed E-state index contributed by atoms with van der Waals surface area (Å²) >= 11 is 6.09. The first-order chi connectivity index (χ1) is 11.7. The highest BCUT2D eigenvalue weighted by atomic mass is 35.5. The maximum absolute atomic E-state index is 12.7. The summed E-state index contributed by atoms with van der Waals surface area (Å²) < 4.78 is 0. The van der Waals surface area contributed by atoms with Gasteiger partial charge < -0.3 is 5.32 Å². The zero-order valence-electron chi connectivity index (χ0n) is 12.5. The average molecular weight is 334 g/mol. The zero-order chi connectivity index (χ0) is 16.7. The van der Waals surface area contributed by atoms with Crippen LogP contribution in [0.25, 0.3) is 11.1 Å². The Balaban J connectivity index is 1.78. The second kappa shape index (κ2) is 5.62. The molecule has 0 heterocycles. The molecule has 3 aromatic rings. The number of hydrogen-bond donors (Lipinski definition) is 1. The summed E-state index contributed by atoms with van der Waals surface area (Å²) in [4.78, 5) is 25.4. The number of nitrogens with one attached hydrogen (secondary N) is 1. The van der Waals surface area contributed by atoms with E-state index in [2.05, 4.69) is 5.32 Å². The third-order valence-corrected chi connectivity index (χ3v) is 4.45. The third-order valence-electron chi connectivity index (χ3n) is 4.12. The van der Waals surface area contributed by atoms with Crippen molar-refractivity contribution in [1.29, 1.82) is 0 Å². The monoisotopic (exact) mass is 333 g/mol. The van der Waals surface area contributed by atoms with Crippen molar-refractivity contribution in [1.82, 2.24) is 0 Å². The number of carbonyl (C=O) groups excluding carboxylic acids is 2. The molecular formula is C20H12ClNO2. The molecule has 4 heteroatoms. The van der Waals surface area contributed by atoms with Gasteiger partial charge in [-0.1, -0.05) is 60.1 Å². The predicted molar refractivity (Wildman–Crippen MR) is 94.7 cm³/mol. The van der Waals surface area contributed by atoms with Crippen molar-refractivity contribution in [3.8, 4) is 11.1 Å². The number of halogens is 1. The Morgan fingerprint density at radius 3 is 2.25 bits per heavy atom. The minimum atomic E-state index is -0.346. The van der Waals surface area contributed by atoms with Gasteiger partial charge in [0.25, 0.3) is 5.91 Å².